The summed E-state index contributed by atoms with van der Waals surface area (Å²) in [6.45, 7) is 8.10. The lowest BCUT2D eigenvalue weighted by molar-refractivity contribution is 0.309. The maximum Gasteiger partial charge on any atom is 0.146 e. The highest BCUT2D eigenvalue weighted by Crippen LogP contribution is 2.32. The number of nitrogens with one attached hydrogen (secondary N) is 1. The first kappa shape index (κ1) is 20.2. The van der Waals surface area contributed by atoms with Gasteiger partial charge in [0.05, 0.1) is 10.0 Å². The molecular formula is C22H21Cl2N3O. The summed E-state index contributed by atoms with van der Waals surface area (Å²) in [6.07, 6.45) is 4.94. The summed E-state index contributed by atoms with van der Waals surface area (Å²) in [4.78, 5) is 8.69. The smallest absolute Gasteiger partial charge is 0.146 e. The average molecular weight is 414 g/mol. The van der Waals surface area contributed by atoms with Crippen LogP contribution in [0.3, 0.4) is 0 Å². The maximum absolute atomic E-state index is 6.21. The highest BCUT2D eigenvalue weighted by atomic mass is 35.5. The number of halogens is 2. The number of benzene rings is 1. The van der Waals surface area contributed by atoms with E-state index in [1.807, 2.05) is 45.2 Å². The van der Waals surface area contributed by atoms with E-state index in [0.29, 0.717) is 21.4 Å². The molecule has 4 nitrogen and oxygen atoms in total. The molecule has 0 radical (unpaired) electrons. The molecule has 2 heterocycles. The van der Waals surface area contributed by atoms with Crippen molar-refractivity contribution >= 4 is 39.8 Å². The minimum atomic E-state index is 0.227. The maximum atomic E-state index is 6.21. The molecule has 0 saturated heterocycles. The zero-order valence-corrected chi connectivity index (χ0v) is 17.5. The summed E-state index contributed by atoms with van der Waals surface area (Å²) >= 11 is 12.4. The Labute approximate surface area is 174 Å². The molecule has 1 aromatic carbocycles. The van der Waals surface area contributed by atoms with Gasteiger partial charge in [0.1, 0.15) is 17.9 Å². The Morgan fingerprint density at radius 2 is 1.96 bits per heavy atom. The number of allylic oxidation sites excluding steroid dienone is 2. The van der Waals surface area contributed by atoms with Crippen molar-refractivity contribution in [3.05, 3.63) is 81.8 Å². The molecule has 0 aliphatic rings. The topological polar surface area (TPSA) is 47.0 Å². The van der Waals surface area contributed by atoms with Crippen molar-refractivity contribution in [2.24, 2.45) is 0 Å². The Balaban J connectivity index is 2.10. The highest BCUT2D eigenvalue weighted by molar-refractivity contribution is 6.35. The molecule has 0 saturated carbocycles. The van der Waals surface area contributed by atoms with Gasteiger partial charge < -0.3 is 10.1 Å². The zero-order chi connectivity index (χ0) is 20.3. The molecule has 2 aromatic heterocycles. The number of para-hydroxylation sites is 1. The first-order valence-electron chi connectivity index (χ1n) is 8.78. The molecule has 0 fully saturated rings. The van der Waals surface area contributed by atoms with E-state index in [1.165, 1.54) is 0 Å². The minimum absolute atomic E-state index is 0.227. The van der Waals surface area contributed by atoms with E-state index in [9.17, 15) is 0 Å². The summed E-state index contributed by atoms with van der Waals surface area (Å²) in [6, 6.07) is 7.93. The molecule has 0 bridgehead atoms. The SMILES string of the molecule is C=C/C(C)=C(\NC)c1cc(C)nc2c(OCc3c(Cl)cncc3Cl)cccc12. The van der Waals surface area contributed by atoms with Crippen molar-refractivity contribution in [3.8, 4) is 5.75 Å². The Morgan fingerprint density at radius 3 is 2.61 bits per heavy atom. The summed E-state index contributed by atoms with van der Waals surface area (Å²) in [7, 11) is 1.90. The van der Waals surface area contributed by atoms with Crippen LogP contribution in [-0.2, 0) is 6.61 Å². The second kappa shape index (κ2) is 8.63. The van der Waals surface area contributed by atoms with Gasteiger partial charge in [-0.2, -0.15) is 0 Å². The summed E-state index contributed by atoms with van der Waals surface area (Å²) in [5.74, 6) is 0.665. The number of pyridine rings is 2. The van der Waals surface area contributed by atoms with Gasteiger partial charge in [-0.1, -0.05) is 48.0 Å². The molecule has 0 unspecified atom stereocenters. The molecule has 144 valence electrons. The number of hydrogen-bond acceptors (Lipinski definition) is 4. The Kier molecular flexibility index (Phi) is 6.22. The van der Waals surface area contributed by atoms with Crippen molar-refractivity contribution in [1.82, 2.24) is 15.3 Å². The number of rotatable bonds is 6. The predicted molar refractivity (Wildman–Crippen MR) is 117 cm³/mol. The normalized spacial score (nSPS) is 11.9. The van der Waals surface area contributed by atoms with Crippen LogP contribution in [0.25, 0.3) is 16.6 Å². The van der Waals surface area contributed by atoms with E-state index in [0.717, 1.165) is 33.4 Å². The number of aryl methyl sites for hydroxylation is 1. The molecule has 1 N–H and O–H groups in total. The van der Waals surface area contributed by atoms with Crippen molar-refractivity contribution in [1.29, 1.82) is 0 Å². The van der Waals surface area contributed by atoms with Gasteiger partial charge >= 0.3 is 0 Å². The first-order chi connectivity index (χ1) is 13.5. The lowest BCUT2D eigenvalue weighted by atomic mass is 10.0. The Hall–Kier alpha value is -2.56. The Morgan fingerprint density at radius 1 is 1.25 bits per heavy atom. The van der Waals surface area contributed by atoms with Gasteiger partial charge in [-0.25, -0.2) is 4.98 Å². The predicted octanol–water partition coefficient (Wildman–Crippen LogP) is 5.96. The molecule has 0 spiro atoms. The summed E-state index contributed by atoms with van der Waals surface area (Å²) < 4.78 is 6.06. The Bertz CT molecular complexity index is 1060. The average Bonchev–Trinajstić information content (AvgIpc) is 2.68. The largest absolute Gasteiger partial charge is 0.487 e. The van der Waals surface area contributed by atoms with Crippen LogP contribution in [0.1, 0.15) is 23.7 Å². The summed E-state index contributed by atoms with van der Waals surface area (Å²) in [5.41, 5.74) is 5.47. The number of nitrogens with zero attached hydrogens (tertiary/aromatic N) is 2. The van der Waals surface area contributed by atoms with Crippen LogP contribution in [0.15, 0.2) is 54.9 Å². The molecule has 3 rings (SSSR count). The van der Waals surface area contributed by atoms with E-state index < -0.39 is 0 Å². The standard InChI is InChI=1S/C22H21Cl2N3O/c1-5-13(2)21(25-4)16-9-14(3)27-22-15(16)7-6-8-20(22)28-12-17-18(23)10-26-11-19(17)24/h5-11,25H,1,12H2,2-4H3/b21-13-. The molecule has 0 aliphatic heterocycles. The van der Waals surface area contributed by atoms with Crippen LogP contribution < -0.4 is 10.1 Å². The van der Waals surface area contributed by atoms with Gasteiger partial charge in [0.15, 0.2) is 0 Å². The van der Waals surface area contributed by atoms with Crippen LogP contribution in [0.5, 0.6) is 5.75 Å². The summed E-state index contributed by atoms with van der Waals surface area (Å²) in [5, 5.41) is 5.21. The molecule has 0 aliphatic carbocycles. The van der Waals surface area contributed by atoms with E-state index in [4.69, 9.17) is 32.9 Å². The molecule has 6 heteroatoms. The minimum Gasteiger partial charge on any atom is -0.487 e. The van der Waals surface area contributed by atoms with Crippen LogP contribution in [0.4, 0.5) is 0 Å². The number of fused-ring (bicyclic) bond motifs is 1. The van der Waals surface area contributed by atoms with Crippen LogP contribution in [0.2, 0.25) is 10.0 Å². The van der Waals surface area contributed by atoms with Crippen LogP contribution in [-0.4, -0.2) is 17.0 Å². The van der Waals surface area contributed by atoms with Crippen molar-refractivity contribution in [2.45, 2.75) is 20.5 Å². The fourth-order valence-corrected chi connectivity index (χ4v) is 3.52. The van der Waals surface area contributed by atoms with E-state index in [-0.39, 0.29) is 6.61 Å². The third-order valence-electron chi connectivity index (χ3n) is 4.47. The van der Waals surface area contributed by atoms with E-state index in [1.54, 1.807) is 12.4 Å². The van der Waals surface area contributed by atoms with Crippen molar-refractivity contribution < 1.29 is 4.74 Å². The zero-order valence-electron chi connectivity index (χ0n) is 16.0. The van der Waals surface area contributed by atoms with Gasteiger partial charge in [0.25, 0.3) is 0 Å². The van der Waals surface area contributed by atoms with Crippen molar-refractivity contribution in [3.63, 3.8) is 0 Å². The first-order valence-corrected chi connectivity index (χ1v) is 9.54. The molecule has 0 amide bonds. The van der Waals surface area contributed by atoms with Gasteiger partial charge in [-0.3, -0.25) is 4.98 Å². The monoisotopic (exact) mass is 413 g/mol. The van der Waals surface area contributed by atoms with E-state index >= 15 is 0 Å². The van der Waals surface area contributed by atoms with Crippen LogP contribution >= 0.6 is 23.2 Å². The van der Waals surface area contributed by atoms with Gasteiger partial charge in [0.2, 0.25) is 0 Å². The third-order valence-corrected chi connectivity index (χ3v) is 5.13. The number of ether oxygens (including phenoxy) is 1. The number of hydrogen-bond donors (Lipinski definition) is 1. The molecule has 0 atom stereocenters. The second-order valence-corrected chi connectivity index (χ2v) is 7.16. The van der Waals surface area contributed by atoms with Crippen molar-refractivity contribution in [2.75, 3.05) is 7.05 Å². The van der Waals surface area contributed by atoms with Gasteiger partial charge in [-0.05, 0) is 31.6 Å². The van der Waals surface area contributed by atoms with Gasteiger partial charge in [-0.15, -0.1) is 0 Å². The number of aromatic nitrogens is 2. The third kappa shape index (κ3) is 3.98. The van der Waals surface area contributed by atoms with Gasteiger partial charge in [0, 0.05) is 47.3 Å². The fraction of sp³-hybridized carbons (Fsp3) is 0.182. The molecule has 3 aromatic rings. The second-order valence-electron chi connectivity index (χ2n) is 6.35. The molecular weight excluding hydrogens is 393 g/mol. The lowest BCUT2D eigenvalue weighted by Crippen LogP contribution is -2.08. The lowest BCUT2D eigenvalue weighted by Gasteiger charge is -2.16. The van der Waals surface area contributed by atoms with E-state index in [2.05, 4.69) is 22.9 Å². The van der Waals surface area contributed by atoms with Crippen LogP contribution in [0, 0.1) is 6.92 Å². The highest BCUT2D eigenvalue weighted by Gasteiger charge is 2.14. The quantitative estimate of drug-likeness (QED) is 0.506. The molecule has 28 heavy (non-hydrogen) atoms. The fourth-order valence-electron chi connectivity index (χ4n) is 3.05.